The highest BCUT2D eigenvalue weighted by atomic mass is 19.1. The van der Waals surface area contributed by atoms with Gasteiger partial charge in [-0.15, -0.1) is 6.58 Å². The second-order valence-corrected chi connectivity index (χ2v) is 5.06. The smallest absolute Gasteiger partial charge is 0.165 e. The van der Waals surface area contributed by atoms with Gasteiger partial charge in [0.1, 0.15) is 12.4 Å². The average molecular weight is 329 g/mol. The van der Waals surface area contributed by atoms with Crippen molar-refractivity contribution in [2.45, 2.75) is 20.0 Å². The van der Waals surface area contributed by atoms with Gasteiger partial charge in [0.15, 0.2) is 11.5 Å². The van der Waals surface area contributed by atoms with Crippen molar-refractivity contribution in [2.24, 2.45) is 5.16 Å². The second-order valence-electron chi connectivity index (χ2n) is 5.06. The number of rotatable bonds is 8. The highest BCUT2D eigenvalue weighted by molar-refractivity contribution is 5.81. The fraction of sp³-hybridized carbons (Fsp3) is 0.211. The number of ether oxygens (including phenoxy) is 2. The molecule has 0 saturated carbocycles. The number of hydrogen-bond acceptors (Lipinski definition) is 4. The number of benzene rings is 2. The van der Waals surface area contributed by atoms with Gasteiger partial charge in [0.2, 0.25) is 0 Å². The molecule has 4 nitrogen and oxygen atoms in total. The Morgan fingerprint density at radius 2 is 2.00 bits per heavy atom. The summed E-state index contributed by atoms with van der Waals surface area (Å²) in [5, 5.41) is 11.8. The highest BCUT2D eigenvalue weighted by Gasteiger charge is 2.14. The van der Waals surface area contributed by atoms with Crippen LogP contribution in [-0.4, -0.2) is 18.0 Å². The Balaban J connectivity index is 2.37. The third-order valence-electron chi connectivity index (χ3n) is 3.35. The molecule has 0 radical (unpaired) electrons. The molecule has 2 rings (SSSR count). The maximum atomic E-state index is 13.8. The van der Waals surface area contributed by atoms with E-state index in [9.17, 15) is 4.39 Å². The summed E-state index contributed by atoms with van der Waals surface area (Å²) >= 11 is 0. The monoisotopic (exact) mass is 329 g/mol. The molecule has 126 valence electrons. The predicted octanol–water partition coefficient (Wildman–Crippen LogP) is 4.34. The molecule has 1 N–H and O–H groups in total. The van der Waals surface area contributed by atoms with E-state index >= 15 is 0 Å². The molecule has 0 spiro atoms. The van der Waals surface area contributed by atoms with Crippen LogP contribution < -0.4 is 9.47 Å². The van der Waals surface area contributed by atoms with Crippen molar-refractivity contribution in [2.75, 3.05) is 6.61 Å². The first-order chi connectivity index (χ1) is 11.7. The van der Waals surface area contributed by atoms with Crippen LogP contribution in [0, 0.1) is 5.82 Å². The Bertz CT molecular complexity index is 729. The maximum absolute atomic E-state index is 13.8. The van der Waals surface area contributed by atoms with Crippen molar-refractivity contribution in [3.05, 3.63) is 71.6 Å². The Hall–Kier alpha value is -2.82. The van der Waals surface area contributed by atoms with E-state index in [-0.39, 0.29) is 12.4 Å². The van der Waals surface area contributed by atoms with Crippen LogP contribution >= 0.6 is 0 Å². The zero-order valence-electron chi connectivity index (χ0n) is 13.5. The highest BCUT2D eigenvalue weighted by Crippen LogP contribution is 2.34. The molecule has 0 unspecified atom stereocenters. The van der Waals surface area contributed by atoms with Crippen LogP contribution in [0.2, 0.25) is 0 Å². The molecule has 0 aromatic heterocycles. The van der Waals surface area contributed by atoms with Crippen molar-refractivity contribution in [1.29, 1.82) is 0 Å². The number of nitrogens with zero attached hydrogens (tertiary/aromatic N) is 1. The Morgan fingerprint density at radius 1 is 1.21 bits per heavy atom. The first-order valence-corrected chi connectivity index (χ1v) is 7.63. The first kappa shape index (κ1) is 17.5. The topological polar surface area (TPSA) is 51.1 Å². The normalized spacial score (nSPS) is 10.8. The molecule has 0 amide bonds. The van der Waals surface area contributed by atoms with Gasteiger partial charge in [-0.25, -0.2) is 4.39 Å². The molecule has 2 aromatic carbocycles. The lowest BCUT2D eigenvalue weighted by Crippen LogP contribution is -2.05. The molecule has 2 aromatic rings. The van der Waals surface area contributed by atoms with Gasteiger partial charge in [-0.05, 0) is 31.5 Å². The van der Waals surface area contributed by atoms with Crippen LogP contribution in [0.15, 0.2) is 54.2 Å². The minimum Gasteiger partial charge on any atom is -0.490 e. The van der Waals surface area contributed by atoms with Crippen molar-refractivity contribution < 1.29 is 19.1 Å². The molecule has 0 atom stereocenters. The van der Waals surface area contributed by atoms with Gasteiger partial charge in [0.05, 0.1) is 12.8 Å². The van der Waals surface area contributed by atoms with Gasteiger partial charge >= 0.3 is 0 Å². The third kappa shape index (κ3) is 4.35. The first-order valence-electron chi connectivity index (χ1n) is 7.63. The third-order valence-corrected chi connectivity index (χ3v) is 3.35. The molecular weight excluding hydrogens is 309 g/mol. The lowest BCUT2D eigenvalue weighted by Gasteiger charge is -2.17. The summed E-state index contributed by atoms with van der Waals surface area (Å²) in [6, 6.07) is 10.0. The number of allylic oxidation sites excluding steroid dienone is 1. The van der Waals surface area contributed by atoms with Gasteiger partial charge in [0, 0.05) is 16.7 Å². The number of halogens is 1. The van der Waals surface area contributed by atoms with E-state index in [0.29, 0.717) is 35.7 Å². The molecule has 24 heavy (non-hydrogen) atoms. The van der Waals surface area contributed by atoms with Crippen LogP contribution in [-0.2, 0) is 13.0 Å². The fourth-order valence-electron chi connectivity index (χ4n) is 2.32. The lowest BCUT2D eigenvalue weighted by molar-refractivity contribution is 0.263. The summed E-state index contributed by atoms with van der Waals surface area (Å²) in [4.78, 5) is 0. The molecule has 0 aliphatic carbocycles. The Morgan fingerprint density at radius 3 is 2.67 bits per heavy atom. The zero-order valence-corrected chi connectivity index (χ0v) is 13.5. The van der Waals surface area contributed by atoms with Crippen LogP contribution in [0.1, 0.15) is 23.6 Å². The average Bonchev–Trinajstić information content (AvgIpc) is 2.56. The minimum absolute atomic E-state index is 0.0876. The van der Waals surface area contributed by atoms with Crippen molar-refractivity contribution in [3.63, 3.8) is 0 Å². The molecule has 0 saturated heterocycles. The van der Waals surface area contributed by atoms with Crippen molar-refractivity contribution in [1.82, 2.24) is 0 Å². The van der Waals surface area contributed by atoms with Gasteiger partial charge < -0.3 is 14.7 Å². The summed E-state index contributed by atoms with van der Waals surface area (Å²) in [6.45, 7) is 6.14. The van der Waals surface area contributed by atoms with E-state index in [4.69, 9.17) is 14.7 Å². The largest absolute Gasteiger partial charge is 0.490 e. The van der Waals surface area contributed by atoms with Crippen LogP contribution in [0.4, 0.5) is 4.39 Å². The van der Waals surface area contributed by atoms with E-state index in [1.807, 2.05) is 13.0 Å². The Kier molecular flexibility index (Phi) is 6.37. The van der Waals surface area contributed by atoms with Gasteiger partial charge in [-0.1, -0.05) is 29.4 Å². The number of hydrogen-bond donors (Lipinski definition) is 1. The summed E-state index contributed by atoms with van der Waals surface area (Å²) < 4.78 is 25.3. The molecule has 0 bridgehead atoms. The molecule has 0 aliphatic heterocycles. The number of oxime groups is 1. The van der Waals surface area contributed by atoms with E-state index in [2.05, 4.69) is 11.7 Å². The van der Waals surface area contributed by atoms with Crippen molar-refractivity contribution >= 4 is 6.21 Å². The van der Waals surface area contributed by atoms with E-state index in [1.54, 1.807) is 30.3 Å². The second kappa shape index (κ2) is 8.72. The van der Waals surface area contributed by atoms with E-state index < -0.39 is 0 Å². The van der Waals surface area contributed by atoms with Gasteiger partial charge in [-0.2, -0.15) is 0 Å². The summed E-state index contributed by atoms with van der Waals surface area (Å²) in [5.74, 6) is 0.739. The molecule has 0 fully saturated rings. The minimum atomic E-state index is -0.315. The van der Waals surface area contributed by atoms with Gasteiger partial charge in [-0.3, -0.25) is 0 Å². The van der Waals surface area contributed by atoms with Crippen LogP contribution in [0.3, 0.4) is 0 Å². The van der Waals surface area contributed by atoms with Gasteiger partial charge in [0.25, 0.3) is 0 Å². The predicted molar refractivity (Wildman–Crippen MR) is 91.6 cm³/mol. The van der Waals surface area contributed by atoms with Crippen LogP contribution in [0.5, 0.6) is 11.5 Å². The summed E-state index contributed by atoms with van der Waals surface area (Å²) in [5.41, 5.74) is 1.96. The standard InChI is InChI=1S/C19H20FNO3/c1-3-7-15-10-14(12-21-22)11-18(23-4-2)19(15)24-13-16-8-5-6-9-17(16)20/h3,5-6,8-12,22H,1,4,7,13H2,2H3/b21-12-. The summed E-state index contributed by atoms with van der Waals surface area (Å²) in [6.07, 6.45) is 3.59. The molecule has 0 aliphatic rings. The van der Waals surface area contributed by atoms with E-state index in [0.717, 1.165) is 5.56 Å². The van der Waals surface area contributed by atoms with E-state index in [1.165, 1.54) is 12.3 Å². The molecular formula is C19H20FNO3. The Labute approximate surface area is 140 Å². The fourth-order valence-corrected chi connectivity index (χ4v) is 2.32. The zero-order chi connectivity index (χ0) is 17.4. The SMILES string of the molecule is C=CCc1cc(/C=N\O)cc(OCC)c1OCc1ccccc1F. The summed E-state index contributed by atoms with van der Waals surface area (Å²) in [7, 11) is 0. The quantitative estimate of drug-likeness (QED) is 0.339. The van der Waals surface area contributed by atoms with Crippen LogP contribution in [0.25, 0.3) is 0 Å². The lowest BCUT2D eigenvalue weighted by atomic mass is 10.1. The van der Waals surface area contributed by atoms with Crippen molar-refractivity contribution in [3.8, 4) is 11.5 Å². The molecule has 5 heteroatoms. The molecule has 0 heterocycles. The maximum Gasteiger partial charge on any atom is 0.165 e.